The third kappa shape index (κ3) is 6.39. The van der Waals surface area contributed by atoms with Crippen LogP contribution in [0.2, 0.25) is 0 Å². The van der Waals surface area contributed by atoms with Crippen LogP contribution in [0.4, 0.5) is 0 Å². The number of nitrogens with zero attached hydrogens (tertiary/aromatic N) is 3. The van der Waals surface area contributed by atoms with Crippen LogP contribution in [-0.2, 0) is 4.79 Å². The molecule has 0 saturated carbocycles. The van der Waals surface area contributed by atoms with Gasteiger partial charge < -0.3 is 4.90 Å². The Morgan fingerprint density at radius 3 is 2.37 bits per heavy atom. The molecule has 1 aromatic heterocycles. The monoisotopic (exact) mass is 475 g/mol. The van der Waals surface area contributed by atoms with E-state index in [2.05, 4.69) is 27.7 Å². The fraction of sp³-hybridized carbons (Fsp3) is 0.500. The summed E-state index contributed by atoms with van der Waals surface area (Å²) < 4.78 is 1.72. The molecule has 0 spiro atoms. The minimum Gasteiger partial charge on any atom is -0.333 e. The predicted molar refractivity (Wildman–Crippen MR) is 145 cm³/mol. The number of aryl methyl sites for hydroxylation is 2. The van der Waals surface area contributed by atoms with Crippen molar-refractivity contribution in [1.29, 1.82) is 0 Å². The van der Waals surface area contributed by atoms with Crippen LogP contribution in [0.3, 0.4) is 0 Å². The van der Waals surface area contributed by atoms with Crippen molar-refractivity contribution in [2.45, 2.75) is 92.0 Å². The van der Waals surface area contributed by atoms with Gasteiger partial charge in [0.1, 0.15) is 5.82 Å². The molecule has 1 unspecified atom stereocenters. The van der Waals surface area contributed by atoms with Gasteiger partial charge in [0.05, 0.1) is 22.6 Å². The highest BCUT2D eigenvalue weighted by atomic mass is 16.2. The standard InChI is InChI=1S/C30H41N3O2/c1-6-8-10-14-20-32(28(34)17-11-9-7-2)24(5)29-31-27-16-13-12-15-26(27)30(35)33(29)25-19-18-22(3)23(4)21-25/h12-13,15-16,18-19,21,24H,6-11,14,17,20H2,1-5H3. The lowest BCUT2D eigenvalue weighted by atomic mass is 10.1. The van der Waals surface area contributed by atoms with Gasteiger partial charge in [0.2, 0.25) is 5.91 Å². The molecule has 1 atom stereocenters. The lowest BCUT2D eigenvalue weighted by Gasteiger charge is -2.31. The Morgan fingerprint density at radius 2 is 1.66 bits per heavy atom. The van der Waals surface area contributed by atoms with E-state index in [4.69, 9.17) is 4.98 Å². The Kier molecular flexibility index (Phi) is 9.64. The fourth-order valence-corrected chi connectivity index (χ4v) is 4.60. The van der Waals surface area contributed by atoms with Crippen LogP contribution in [0.1, 0.15) is 95.1 Å². The summed E-state index contributed by atoms with van der Waals surface area (Å²) in [5.74, 6) is 0.771. The van der Waals surface area contributed by atoms with E-state index < -0.39 is 0 Å². The molecule has 3 aromatic rings. The second-order valence-corrected chi connectivity index (χ2v) is 9.68. The predicted octanol–water partition coefficient (Wildman–Crippen LogP) is 7.05. The zero-order valence-corrected chi connectivity index (χ0v) is 22.1. The van der Waals surface area contributed by atoms with E-state index in [-0.39, 0.29) is 17.5 Å². The highest BCUT2D eigenvalue weighted by Gasteiger charge is 2.26. The molecule has 5 heteroatoms. The van der Waals surface area contributed by atoms with E-state index in [0.717, 1.165) is 56.2 Å². The lowest BCUT2D eigenvalue weighted by Crippen LogP contribution is -2.38. The highest BCUT2D eigenvalue weighted by molar-refractivity contribution is 5.79. The first-order valence-electron chi connectivity index (χ1n) is 13.3. The smallest absolute Gasteiger partial charge is 0.266 e. The van der Waals surface area contributed by atoms with Gasteiger partial charge in [-0.1, -0.05) is 64.2 Å². The van der Waals surface area contributed by atoms with Gasteiger partial charge in [-0.3, -0.25) is 14.2 Å². The SMILES string of the molecule is CCCCCCN(C(=O)CCCCC)C(C)c1nc2ccccc2c(=O)n1-c1ccc(C)c(C)c1. The topological polar surface area (TPSA) is 55.2 Å². The van der Waals surface area contributed by atoms with E-state index in [9.17, 15) is 9.59 Å². The van der Waals surface area contributed by atoms with Crippen LogP contribution in [0.25, 0.3) is 16.6 Å². The molecule has 0 saturated heterocycles. The van der Waals surface area contributed by atoms with Crippen LogP contribution in [0.15, 0.2) is 47.3 Å². The molecule has 3 rings (SSSR count). The molecule has 0 aliphatic carbocycles. The summed E-state index contributed by atoms with van der Waals surface area (Å²) in [6, 6.07) is 13.2. The molecule has 2 aromatic carbocycles. The third-order valence-corrected chi connectivity index (χ3v) is 6.96. The Balaban J connectivity index is 2.11. The maximum absolute atomic E-state index is 13.8. The Hall–Kier alpha value is -2.95. The molecule has 0 bridgehead atoms. The second kappa shape index (κ2) is 12.7. The number of hydrogen-bond donors (Lipinski definition) is 0. The normalized spacial score (nSPS) is 12.1. The number of hydrogen-bond acceptors (Lipinski definition) is 3. The molecular formula is C30H41N3O2. The molecule has 1 heterocycles. The number of carbonyl (C=O) groups excluding carboxylic acids is 1. The number of benzene rings is 2. The zero-order chi connectivity index (χ0) is 25.4. The van der Waals surface area contributed by atoms with Crippen molar-refractivity contribution in [3.63, 3.8) is 0 Å². The summed E-state index contributed by atoms with van der Waals surface area (Å²) in [7, 11) is 0. The van der Waals surface area contributed by atoms with Crippen molar-refractivity contribution in [3.05, 3.63) is 69.8 Å². The van der Waals surface area contributed by atoms with E-state index in [1.54, 1.807) is 4.57 Å². The van der Waals surface area contributed by atoms with Gasteiger partial charge in [-0.25, -0.2) is 4.98 Å². The van der Waals surface area contributed by atoms with Crippen molar-refractivity contribution in [2.24, 2.45) is 0 Å². The quantitative estimate of drug-likeness (QED) is 0.264. The molecular weight excluding hydrogens is 434 g/mol. The number of fused-ring (bicyclic) bond motifs is 1. The van der Waals surface area contributed by atoms with Crippen molar-refractivity contribution >= 4 is 16.8 Å². The Morgan fingerprint density at radius 1 is 0.943 bits per heavy atom. The average Bonchev–Trinajstić information content (AvgIpc) is 2.85. The largest absolute Gasteiger partial charge is 0.333 e. The number of para-hydroxylation sites is 1. The van der Waals surface area contributed by atoms with Gasteiger partial charge in [-0.2, -0.15) is 0 Å². The third-order valence-electron chi connectivity index (χ3n) is 6.96. The van der Waals surface area contributed by atoms with E-state index in [1.165, 1.54) is 5.56 Å². The van der Waals surface area contributed by atoms with Crippen LogP contribution >= 0.6 is 0 Å². The molecule has 188 valence electrons. The molecule has 35 heavy (non-hydrogen) atoms. The van der Waals surface area contributed by atoms with Crippen LogP contribution in [0, 0.1) is 13.8 Å². The van der Waals surface area contributed by atoms with Crippen molar-refractivity contribution in [2.75, 3.05) is 6.54 Å². The molecule has 0 radical (unpaired) electrons. The maximum Gasteiger partial charge on any atom is 0.266 e. The Labute approximate surface area is 210 Å². The second-order valence-electron chi connectivity index (χ2n) is 9.68. The van der Waals surface area contributed by atoms with Crippen LogP contribution in [0.5, 0.6) is 0 Å². The molecule has 5 nitrogen and oxygen atoms in total. The summed E-state index contributed by atoms with van der Waals surface area (Å²) >= 11 is 0. The molecule has 0 N–H and O–H groups in total. The first-order valence-corrected chi connectivity index (χ1v) is 13.3. The van der Waals surface area contributed by atoms with Crippen LogP contribution < -0.4 is 5.56 Å². The van der Waals surface area contributed by atoms with Crippen LogP contribution in [-0.4, -0.2) is 26.9 Å². The minimum atomic E-state index is -0.315. The number of amides is 1. The Bertz CT molecular complexity index is 1200. The minimum absolute atomic E-state index is 0.0925. The summed E-state index contributed by atoms with van der Waals surface area (Å²) in [5.41, 5.74) is 3.67. The fourth-order valence-electron chi connectivity index (χ4n) is 4.60. The molecule has 0 aliphatic heterocycles. The van der Waals surface area contributed by atoms with Gasteiger partial charge in [0.15, 0.2) is 0 Å². The molecule has 0 fully saturated rings. The average molecular weight is 476 g/mol. The van der Waals surface area contributed by atoms with Gasteiger partial charge in [-0.05, 0) is 69.0 Å². The summed E-state index contributed by atoms with van der Waals surface area (Å²) in [6.45, 7) is 11.2. The highest BCUT2D eigenvalue weighted by Crippen LogP contribution is 2.25. The van der Waals surface area contributed by atoms with E-state index in [0.29, 0.717) is 29.7 Å². The van der Waals surface area contributed by atoms with E-state index in [1.807, 2.05) is 54.3 Å². The van der Waals surface area contributed by atoms with Crippen molar-refractivity contribution in [3.8, 4) is 5.69 Å². The number of unbranched alkanes of at least 4 members (excludes halogenated alkanes) is 5. The van der Waals surface area contributed by atoms with Gasteiger partial charge in [0, 0.05) is 13.0 Å². The number of carbonyl (C=O) groups is 1. The van der Waals surface area contributed by atoms with E-state index >= 15 is 0 Å². The van der Waals surface area contributed by atoms with Gasteiger partial charge >= 0.3 is 0 Å². The number of aromatic nitrogens is 2. The zero-order valence-electron chi connectivity index (χ0n) is 22.1. The molecule has 1 amide bonds. The summed E-state index contributed by atoms with van der Waals surface area (Å²) in [5, 5.41) is 0.588. The van der Waals surface area contributed by atoms with Crippen molar-refractivity contribution < 1.29 is 4.79 Å². The number of rotatable bonds is 12. The maximum atomic E-state index is 13.8. The summed E-state index contributed by atoms with van der Waals surface area (Å²) in [4.78, 5) is 34.1. The lowest BCUT2D eigenvalue weighted by molar-refractivity contribution is -0.133. The molecule has 0 aliphatic rings. The first-order chi connectivity index (χ1) is 16.9. The van der Waals surface area contributed by atoms with Crippen molar-refractivity contribution in [1.82, 2.24) is 14.5 Å². The van der Waals surface area contributed by atoms with Gasteiger partial charge in [0.25, 0.3) is 5.56 Å². The summed E-state index contributed by atoms with van der Waals surface area (Å²) in [6.07, 6.45) is 7.92. The van der Waals surface area contributed by atoms with Gasteiger partial charge in [-0.15, -0.1) is 0 Å². The first kappa shape index (κ1) is 26.7.